The molecule has 4 heterocycles. The molecule has 4 nitrogen and oxygen atoms in total. The molecule has 214 valence electrons. The molecular weight excluding hydrogens is 566 g/mol. The van der Waals surface area contributed by atoms with Gasteiger partial charge in [0.25, 0.3) is 0 Å². The summed E-state index contributed by atoms with van der Waals surface area (Å²) in [5.41, 5.74) is 10.7. The van der Waals surface area contributed by atoms with Crippen LogP contribution in [-0.2, 0) is 0 Å². The van der Waals surface area contributed by atoms with Crippen LogP contribution in [0.1, 0.15) is 0 Å². The maximum absolute atomic E-state index is 6.39. The summed E-state index contributed by atoms with van der Waals surface area (Å²) >= 11 is 0. The van der Waals surface area contributed by atoms with Crippen LogP contribution in [0.4, 0.5) is 0 Å². The number of nitrogens with zero attached hydrogens (tertiary/aromatic N) is 1. The van der Waals surface area contributed by atoms with E-state index in [1.165, 1.54) is 21.8 Å². The van der Waals surface area contributed by atoms with Crippen molar-refractivity contribution in [2.45, 2.75) is 0 Å². The zero-order valence-corrected chi connectivity index (χ0v) is 24.5. The van der Waals surface area contributed by atoms with Crippen LogP contribution >= 0.6 is 0 Å². The Bertz CT molecular complexity index is 2980. The molecule has 0 N–H and O–H groups in total. The average molecular weight is 590 g/mol. The van der Waals surface area contributed by atoms with E-state index in [0.717, 1.165) is 82.6 Å². The van der Waals surface area contributed by atoms with E-state index in [1.54, 1.807) is 0 Å². The van der Waals surface area contributed by atoms with Crippen molar-refractivity contribution in [3.05, 3.63) is 140 Å². The predicted molar refractivity (Wildman–Crippen MR) is 188 cm³/mol. The first-order valence-corrected chi connectivity index (χ1v) is 15.5. The lowest BCUT2D eigenvalue weighted by Crippen LogP contribution is -1.93. The number of para-hydroxylation sites is 4. The fourth-order valence-electron chi connectivity index (χ4n) is 7.52. The first kappa shape index (κ1) is 24.1. The molecule has 0 saturated carbocycles. The van der Waals surface area contributed by atoms with E-state index in [1.807, 2.05) is 18.2 Å². The molecule has 46 heavy (non-hydrogen) atoms. The van der Waals surface area contributed by atoms with Crippen LogP contribution in [0.2, 0.25) is 0 Å². The molecule has 7 aromatic carbocycles. The lowest BCUT2D eigenvalue weighted by atomic mass is 10.00. The maximum Gasteiger partial charge on any atom is 0.143 e. The molecule has 0 bridgehead atoms. The van der Waals surface area contributed by atoms with Crippen molar-refractivity contribution in [1.82, 2.24) is 4.57 Å². The number of hydrogen-bond acceptors (Lipinski definition) is 3. The van der Waals surface area contributed by atoms with Gasteiger partial charge in [0.1, 0.15) is 33.5 Å². The molecule has 0 aliphatic carbocycles. The number of fused-ring (bicyclic) bond motifs is 12. The van der Waals surface area contributed by atoms with Crippen LogP contribution in [0, 0.1) is 0 Å². The van der Waals surface area contributed by atoms with Gasteiger partial charge >= 0.3 is 0 Å². The van der Waals surface area contributed by atoms with Gasteiger partial charge in [-0.15, -0.1) is 0 Å². The molecule has 11 aromatic rings. The SMILES string of the molecule is c1ccc2c(c1)oc1c(-c3ccc4oc5cc6oc7ccc(-n8c9ccccc9c9ccccc98)cc7c6cc5c4c3)cccc12. The van der Waals surface area contributed by atoms with Gasteiger partial charge in [-0.2, -0.15) is 0 Å². The van der Waals surface area contributed by atoms with Crippen molar-refractivity contribution in [2.24, 2.45) is 0 Å². The minimum Gasteiger partial charge on any atom is -0.456 e. The Labute approximate surface area is 261 Å². The summed E-state index contributed by atoms with van der Waals surface area (Å²) in [6, 6.07) is 48.9. The molecule has 0 unspecified atom stereocenters. The van der Waals surface area contributed by atoms with Crippen LogP contribution in [0.5, 0.6) is 0 Å². The van der Waals surface area contributed by atoms with Gasteiger partial charge in [-0.05, 0) is 60.2 Å². The van der Waals surface area contributed by atoms with Crippen molar-refractivity contribution in [2.75, 3.05) is 0 Å². The molecular formula is C42H23NO3. The standard InChI is InChI=1S/C42H23NO3/c1-4-13-35-27(8-1)28-9-2-5-14-36(28)43(35)25-17-19-39-32(21-25)34-22-33-31-20-24(16-18-38(31)44-40(33)23-41(34)45-39)26-11-7-12-30-29-10-3-6-15-37(29)46-42(26)30/h1-23H. The Morgan fingerprint density at radius 2 is 0.935 bits per heavy atom. The highest BCUT2D eigenvalue weighted by Crippen LogP contribution is 2.41. The molecule has 0 radical (unpaired) electrons. The summed E-state index contributed by atoms with van der Waals surface area (Å²) in [4.78, 5) is 0. The van der Waals surface area contributed by atoms with E-state index in [-0.39, 0.29) is 0 Å². The van der Waals surface area contributed by atoms with Gasteiger partial charge in [-0.1, -0.05) is 78.9 Å². The van der Waals surface area contributed by atoms with Gasteiger partial charge in [0.15, 0.2) is 0 Å². The quantitative estimate of drug-likeness (QED) is 0.201. The number of furan rings is 3. The third kappa shape index (κ3) is 3.17. The van der Waals surface area contributed by atoms with Crippen molar-refractivity contribution < 1.29 is 13.3 Å². The van der Waals surface area contributed by atoms with Gasteiger partial charge in [-0.25, -0.2) is 0 Å². The first-order chi connectivity index (χ1) is 22.8. The normalized spacial score (nSPS) is 12.3. The zero-order valence-electron chi connectivity index (χ0n) is 24.5. The van der Waals surface area contributed by atoms with E-state index in [0.29, 0.717) is 0 Å². The number of rotatable bonds is 2. The summed E-state index contributed by atoms with van der Waals surface area (Å²) in [6.07, 6.45) is 0. The van der Waals surface area contributed by atoms with Gasteiger partial charge in [0, 0.05) is 60.4 Å². The highest BCUT2D eigenvalue weighted by Gasteiger charge is 2.18. The zero-order chi connectivity index (χ0) is 29.9. The van der Waals surface area contributed by atoms with Gasteiger partial charge in [0.05, 0.1) is 11.0 Å². The molecule has 0 aliphatic rings. The smallest absolute Gasteiger partial charge is 0.143 e. The molecule has 0 spiro atoms. The van der Waals surface area contributed by atoms with Crippen LogP contribution < -0.4 is 0 Å². The van der Waals surface area contributed by atoms with Crippen LogP contribution in [0.25, 0.3) is 104 Å². The van der Waals surface area contributed by atoms with E-state index < -0.39 is 0 Å². The third-order valence-corrected chi connectivity index (χ3v) is 9.60. The highest BCUT2D eigenvalue weighted by atomic mass is 16.3. The average Bonchev–Trinajstić information content (AvgIpc) is 3.85. The second-order valence-corrected chi connectivity index (χ2v) is 12.1. The maximum atomic E-state index is 6.39. The highest BCUT2D eigenvalue weighted by molar-refractivity contribution is 6.17. The van der Waals surface area contributed by atoms with E-state index >= 15 is 0 Å². The van der Waals surface area contributed by atoms with Gasteiger partial charge < -0.3 is 17.8 Å². The summed E-state index contributed by atoms with van der Waals surface area (Å²) in [5, 5.41) is 9.01. The van der Waals surface area contributed by atoms with Crippen LogP contribution in [0.3, 0.4) is 0 Å². The third-order valence-electron chi connectivity index (χ3n) is 9.60. The van der Waals surface area contributed by atoms with Crippen molar-refractivity contribution in [3.8, 4) is 16.8 Å². The minimum absolute atomic E-state index is 0.809. The predicted octanol–water partition coefficient (Wildman–Crippen LogP) is 12.1. The molecule has 4 heteroatoms. The Balaban J connectivity index is 1.13. The molecule has 11 rings (SSSR count). The van der Waals surface area contributed by atoms with Crippen molar-refractivity contribution in [1.29, 1.82) is 0 Å². The monoisotopic (exact) mass is 589 g/mol. The lowest BCUT2D eigenvalue weighted by molar-refractivity contribution is 0.656. The number of hydrogen-bond donors (Lipinski definition) is 0. The Hall–Kier alpha value is -6.26. The second-order valence-electron chi connectivity index (χ2n) is 12.1. The Morgan fingerprint density at radius 1 is 0.348 bits per heavy atom. The molecule has 0 fully saturated rings. The topological polar surface area (TPSA) is 44.4 Å². The summed E-state index contributed by atoms with van der Waals surface area (Å²) in [5.74, 6) is 0. The summed E-state index contributed by atoms with van der Waals surface area (Å²) in [7, 11) is 0. The number of benzene rings is 7. The summed E-state index contributed by atoms with van der Waals surface area (Å²) in [6.45, 7) is 0. The van der Waals surface area contributed by atoms with Crippen molar-refractivity contribution >= 4 is 87.6 Å². The van der Waals surface area contributed by atoms with E-state index in [2.05, 4.69) is 126 Å². The lowest BCUT2D eigenvalue weighted by Gasteiger charge is -2.08. The summed E-state index contributed by atoms with van der Waals surface area (Å²) < 4.78 is 21.5. The van der Waals surface area contributed by atoms with Gasteiger partial charge in [-0.3, -0.25) is 0 Å². The first-order valence-electron chi connectivity index (χ1n) is 15.5. The van der Waals surface area contributed by atoms with E-state index in [9.17, 15) is 0 Å². The minimum atomic E-state index is 0.809. The molecule has 0 saturated heterocycles. The molecule has 0 atom stereocenters. The molecule has 0 amide bonds. The fourth-order valence-corrected chi connectivity index (χ4v) is 7.52. The van der Waals surface area contributed by atoms with Crippen LogP contribution in [0.15, 0.2) is 153 Å². The Morgan fingerprint density at radius 3 is 1.70 bits per heavy atom. The molecule has 4 aromatic heterocycles. The fraction of sp³-hybridized carbons (Fsp3) is 0. The number of aromatic nitrogens is 1. The Kier molecular flexibility index (Phi) is 4.55. The molecule has 0 aliphatic heterocycles. The van der Waals surface area contributed by atoms with Gasteiger partial charge in [0.2, 0.25) is 0 Å². The van der Waals surface area contributed by atoms with Crippen molar-refractivity contribution in [3.63, 3.8) is 0 Å². The van der Waals surface area contributed by atoms with E-state index in [4.69, 9.17) is 13.3 Å². The second kappa shape index (κ2) is 8.68. The largest absolute Gasteiger partial charge is 0.456 e. The van der Waals surface area contributed by atoms with Crippen LogP contribution in [-0.4, -0.2) is 4.57 Å².